The average Bonchev–Trinajstić information content (AvgIpc) is 2.48. The first-order valence-electron chi connectivity index (χ1n) is 6.12. The van der Waals surface area contributed by atoms with Gasteiger partial charge in [0.25, 0.3) is 5.69 Å². The number of rotatable bonds is 6. The molecule has 1 N–H and O–H groups in total. The van der Waals surface area contributed by atoms with Crippen LogP contribution >= 0.6 is 0 Å². The second-order valence-corrected chi connectivity index (χ2v) is 4.20. The smallest absolute Gasteiger partial charge is 0.273 e. The van der Waals surface area contributed by atoms with Gasteiger partial charge < -0.3 is 10.1 Å². The zero-order valence-corrected chi connectivity index (χ0v) is 11.1. The van der Waals surface area contributed by atoms with E-state index in [2.05, 4.69) is 10.3 Å². The van der Waals surface area contributed by atoms with Gasteiger partial charge in [-0.1, -0.05) is 18.2 Å². The Kier molecular flexibility index (Phi) is 4.62. The van der Waals surface area contributed by atoms with Gasteiger partial charge >= 0.3 is 0 Å². The SMILES string of the molecule is COc1cc(CNCc2ccccc2[N+](=O)[O-])ccn1. The Balaban J connectivity index is 1.97. The highest BCUT2D eigenvalue weighted by atomic mass is 16.6. The standard InChI is InChI=1S/C14H15N3O3/c1-20-14-8-11(6-7-16-14)9-15-10-12-4-2-3-5-13(12)17(18)19/h2-8,15H,9-10H2,1H3. The van der Waals surface area contributed by atoms with Crippen molar-refractivity contribution in [2.75, 3.05) is 7.11 Å². The Bertz CT molecular complexity index is 602. The van der Waals surface area contributed by atoms with Gasteiger partial charge in [0.05, 0.1) is 12.0 Å². The van der Waals surface area contributed by atoms with E-state index in [0.29, 0.717) is 24.5 Å². The Morgan fingerprint density at radius 3 is 2.85 bits per heavy atom. The number of methoxy groups -OCH3 is 1. The molecule has 0 aliphatic heterocycles. The molecule has 0 aliphatic carbocycles. The minimum Gasteiger partial charge on any atom is -0.481 e. The van der Waals surface area contributed by atoms with Gasteiger partial charge in [-0.05, 0) is 11.6 Å². The van der Waals surface area contributed by atoms with Crippen molar-refractivity contribution in [2.24, 2.45) is 0 Å². The number of nitrogens with zero attached hydrogens (tertiary/aromatic N) is 2. The summed E-state index contributed by atoms with van der Waals surface area (Å²) in [5.74, 6) is 0.551. The van der Waals surface area contributed by atoms with E-state index >= 15 is 0 Å². The van der Waals surface area contributed by atoms with Gasteiger partial charge in [0.15, 0.2) is 0 Å². The normalized spacial score (nSPS) is 10.2. The highest BCUT2D eigenvalue weighted by Crippen LogP contribution is 2.17. The highest BCUT2D eigenvalue weighted by Gasteiger charge is 2.11. The lowest BCUT2D eigenvalue weighted by Gasteiger charge is -2.06. The maximum atomic E-state index is 10.9. The van der Waals surface area contributed by atoms with E-state index in [1.807, 2.05) is 12.1 Å². The predicted octanol–water partition coefficient (Wildman–Crippen LogP) is 2.29. The second kappa shape index (κ2) is 6.63. The summed E-state index contributed by atoms with van der Waals surface area (Å²) in [7, 11) is 1.56. The predicted molar refractivity (Wildman–Crippen MR) is 74.4 cm³/mol. The molecule has 6 heteroatoms. The number of pyridine rings is 1. The maximum absolute atomic E-state index is 10.9. The number of nitro groups is 1. The minimum atomic E-state index is -0.369. The first kappa shape index (κ1) is 14.0. The van der Waals surface area contributed by atoms with Crippen LogP contribution in [-0.2, 0) is 13.1 Å². The summed E-state index contributed by atoms with van der Waals surface area (Å²) in [5, 5.41) is 14.1. The van der Waals surface area contributed by atoms with E-state index in [1.165, 1.54) is 6.07 Å². The zero-order valence-electron chi connectivity index (χ0n) is 11.1. The third-order valence-corrected chi connectivity index (χ3v) is 2.84. The van der Waals surface area contributed by atoms with E-state index in [-0.39, 0.29) is 10.6 Å². The first-order valence-corrected chi connectivity index (χ1v) is 6.12. The van der Waals surface area contributed by atoms with Crippen LogP contribution in [0.15, 0.2) is 42.6 Å². The third kappa shape index (κ3) is 3.52. The molecule has 104 valence electrons. The lowest BCUT2D eigenvalue weighted by Crippen LogP contribution is -2.14. The number of ether oxygens (including phenoxy) is 1. The number of aromatic nitrogens is 1. The number of hydrogen-bond acceptors (Lipinski definition) is 5. The van der Waals surface area contributed by atoms with Crippen molar-refractivity contribution >= 4 is 5.69 Å². The first-order chi connectivity index (χ1) is 9.70. The number of hydrogen-bond donors (Lipinski definition) is 1. The average molecular weight is 273 g/mol. The zero-order chi connectivity index (χ0) is 14.4. The Morgan fingerprint density at radius 2 is 2.10 bits per heavy atom. The molecule has 0 saturated heterocycles. The second-order valence-electron chi connectivity index (χ2n) is 4.20. The van der Waals surface area contributed by atoms with Crippen molar-refractivity contribution in [3.05, 3.63) is 63.8 Å². The fraction of sp³-hybridized carbons (Fsp3) is 0.214. The van der Waals surface area contributed by atoms with E-state index in [1.54, 1.807) is 31.5 Å². The molecule has 0 atom stereocenters. The largest absolute Gasteiger partial charge is 0.481 e. The van der Waals surface area contributed by atoms with E-state index < -0.39 is 0 Å². The molecule has 0 saturated carbocycles. The van der Waals surface area contributed by atoms with Gasteiger partial charge in [0.1, 0.15) is 0 Å². The highest BCUT2D eigenvalue weighted by molar-refractivity contribution is 5.39. The van der Waals surface area contributed by atoms with Crippen LogP contribution in [0.1, 0.15) is 11.1 Å². The van der Waals surface area contributed by atoms with Crippen molar-refractivity contribution in [2.45, 2.75) is 13.1 Å². The third-order valence-electron chi connectivity index (χ3n) is 2.84. The number of nitrogens with one attached hydrogen (secondary N) is 1. The van der Waals surface area contributed by atoms with Crippen LogP contribution < -0.4 is 10.1 Å². The molecule has 0 radical (unpaired) electrons. The van der Waals surface area contributed by atoms with Gasteiger partial charge in [-0.15, -0.1) is 0 Å². The van der Waals surface area contributed by atoms with Crippen LogP contribution in [-0.4, -0.2) is 17.0 Å². The lowest BCUT2D eigenvalue weighted by atomic mass is 10.1. The molecular weight excluding hydrogens is 258 g/mol. The topological polar surface area (TPSA) is 77.3 Å². The molecule has 20 heavy (non-hydrogen) atoms. The van der Waals surface area contributed by atoms with Crippen LogP contribution in [0.5, 0.6) is 5.88 Å². The monoisotopic (exact) mass is 273 g/mol. The fourth-order valence-electron chi connectivity index (χ4n) is 1.85. The van der Waals surface area contributed by atoms with E-state index in [4.69, 9.17) is 4.74 Å². The van der Waals surface area contributed by atoms with Crippen molar-refractivity contribution in [1.29, 1.82) is 0 Å². The van der Waals surface area contributed by atoms with E-state index in [9.17, 15) is 10.1 Å². The molecule has 0 amide bonds. The van der Waals surface area contributed by atoms with Gasteiger partial charge in [0, 0.05) is 37.0 Å². The van der Waals surface area contributed by atoms with Crippen LogP contribution in [0, 0.1) is 10.1 Å². The Morgan fingerprint density at radius 1 is 1.30 bits per heavy atom. The molecule has 0 fully saturated rings. The van der Waals surface area contributed by atoms with Gasteiger partial charge in [-0.25, -0.2) is 4.98 Å². The molecule has 0 spiro atoms. The van der Waals surface area contributed by atoms with Crippen molar-refractivity contribution in [3.8, 4) is 5.88 Å². The summed E-state index contributed by atoms with van der Waals surface area (Å²) in [5.41, 5.74) is 1.81. The molecule has 1 aromatic heterocycles. The summed E-state index contributed by atoms with van der Waals surface area (Å²) in [6, 6.07) is 10.4. The van der Waals surface area contributed by atoms with Gasteiger partial charge in [0.2, 0.25) is 5.88 Å². The molecule has 1 heterocycles. The Labute approximate surface area is 116 Å². The summed E-state index contributed by atoms with van der Waals surface area (Å²) in [6.45, 7) is 1.02. The summed E-state index contributed by atoms with van der Waals surface area (Å²) < 4.78 is 5.04. The van der Waals surface area contributed by atoms with E-state index in [0.717, 1.165) is 5.56 Å². The van der Waals surface area contributed by atoms with Crippen LogP contribution in [0.2, 0.25) is 0 Å². The van der Waals surface area contributed by atoms with Gasteiger partial charge in [-0.2, -0.15) is 0 Å². The van der Waals surface area contributed by atoms with Crippen molar-refractivity contribution < 1.29 is 9.66 Å². The lowest BCUT2D eigenvalue weighted by molar-refractivity contribution is -0.385. The molecular formula is C14H15N3O3. The summed E-state index contributed by atoms with van der Waals surface area (Å²) in [4.78, 5) is 14.5. The van der Waals surface area contributed by atoms with Crippen molar-refractivity contribution in [1.82, 2.24) is 10.3 Å². The molecule has 1 aromatic carbocycles. The van der Waals surface area contributed by atoms with Crippen LogP contribution in [0.25, 0.3) is 0 Å². The Hall–Kier alpha value is -2.47. The minimum absolute atomic E-state index is 0.132. The van der Waals surface area contributed by atoms with Crippen LogP contribution in [0.3, 0.4) is 0 Å². The number of para-hydroxylation sites is 1. The van der Waals surface area contributed by atoms with Crippen molar-refractivity contribution in [3.63, 3.8) is 0 Å². The summed E-state index contributed by atoms with van der Waals surface area (Å²) >= 11 is 0. The van der Waals surface area contributed by atoms with Gasteiger partial charge in [-0.3, -0.25) is 10.1 Å². The number of benzene rings is 1. The fourth-order valence-corrected chi connectivity index (χ4v) is 1.85. The van der Waals surface area contributed by atoms with Crippen LogP contribution in [0.4, 0.5) is 5.69 Å². The molecule has 0 aliphatic rings. The number of nitro benzene ring substituents is 1. The quantitative estimate of drug-likeness (QED) is 0.645. The molecule has 0 unspecified atom stereocenters. The summed E-state index contributed by atoms with van der Waals surface area (Å²) in [6.07, 6.45) is 1.67. The molecule has 0 bridgehead atoms. The molecule has 2 rings (SSSR count). The molecule has 2 aromatic rings. The molecule has 6 nitrogen and oxygen atoms in total. The maximum Gasteiger partial charge on any atom is 0.273 e.